The van der Waals surface area contributed by atoms with Crippen molar-refractivity contribution in [3.8, 4) is 5.75 Å². The number of ether oxygens (including phenoxy) is 3. The zero-order valence-electron chi connectivity index (χ0n) is 12.9. The molecule has 1 saturated heterocycles. The molecule has 4 nitrogen and oxygen atoms in total. The summed E-state index contributed by atoms with van der Waals surface area (Å²) >= 11 is 0. The van der Waals surface area contributed by atoms with Crippen LogP contribution in [0.2, 0.25) is 0 Å². The van der Waals surface area contributed by atoms with Gasteiger partial charge in [-0.15, -0.1) is 0 Å². The van der Waals surface area contributed by atoms with Gasteiger partial charge in [-0.3, -0.25) is 0 Å². The molecule has 1 aliphatic heterocycles. The molecule has 0 unspecified atom stereocenters. The van der Waals surface area contributed by atoms with Gasteiger partial charge in [0.15, 0.2) is 5.79 Å². The van der Waals surface area contributed by atoms with E-state index in [-0.39, 0.29) is 5.79 Å². The van der Waals surface area contributed by atoms with Crippen molar-refractivity contribution in [2.24, 2.45) is 0 Å². The maximum Gasteiger partial charge on any atom is 0.168 e. The third kappa shape index (κ3) is 3.39. The summed E-state index contributed by atoms with van der Waals surface area (Å²) in [6.07, 6.45) is 4.22. The van der Waals surface area contributed by atoms with Crippen molar-refractivity contribution in [1.82, 2.24) is 5.32 Å². The Bertz CT molecular complexity index is 444. The maximum absolute atomic E-state index is 5.78. The monoisotopic (exact) mass is 291 g/mol. The van der Waals surface area contributed by atoms with Crippen molar-refractivity contribution in [1.29, 1.82) is 0 Å². The Morgan fingerprint density at radius 3 is 2.33 bits per heavy atom. The average molecular weight is 291 g/mol. The molecule has 4 heteroatoms. The van der Waals surface area contributed by atoms with Crippen molar-refractivity contribution in [3.05, 3.63) is 29.8 Å². The molecule has 1 aromatic rings. The van der Waals surface area contributed by atoms with E-state index in [1.54, 1.807) is 7.11 Å². The lowest BCUT2D eigenvalue weighted by molar-refractivity contribution is -0.179. The van der Waals surface area contributed by atoms with Crippen molar-refractivity contribution >= 4 is 0 Å². The number of methoxy groups -OCH3 is 1. The summed E-state index contributed by atoms with van der Waals surface area (Å²) in [5.41, 5.74) is 1.30. The third-order valence-corrected chi connectivity index (χ3v) is 4.66. The van der Waals surface area contributed by atoms with Gasteiger partial charge in [0.1, 0.15) is 5.75 Å². The van der Waals surface area contributed by atoms with E-state index < -0.39 is 0 Å². The topological polar surface area (TPSA) is 39.7 Å². The molecule has 0 amide bonds. The summed E-state index contributed by atoms with van der Waals surface area (Å²) in [6, 6.07) is 9.18. The number of hydrogen-bond acceptors (Lipinski definition) is 4. The van der Waals surface area contributed by atoms with Crippen LogP contribution in [-0.2, 0) is 9.47 Å². The Hall–Kier alpha value is -1.10. The zero-order valence-corrected chi connectivity index (χ0v) is 12.9. The van der Waals surface area contributed by atoms with Crippen LogP contribution in [0.15, 0.2) is 24.3 Å². The van der Waals surface area contributed by atoms with E-state index in [0.717, 1.165) is 44.6 Å². The summed E-state index contributed by atoms with van der Waals surface area (Å²) in [4.78, 5) is 0. The minimum atomic E-state index is -0.262. The van der Waals surface area contributed by atoms with Crippen LogP contribution in [0.4, 0.5) is 0 Å². The fourth-order valence-electron chi connectivity index (χ4n) is 3.35. The fourth-order valence-corrected chi connectivity index (χ4v) is 3.35. The molecule has 3 rings (SSSR count). The van der Waals surface area contributed by atoms with Crippen LogP contribution >= 0.6 is 0 Å². The molecule has 116 valence electrons. The van der Waals surface area contributed by atoms with Crippen LogP contribution in [0.25, 0.3) is 0 Å². The molecule has 1 saturated carbocycles. The van der Waals surface area contributed by atoms with Crippen LogP contribution in [-0.4, -0.2) is 32.2 Å². The molecular weight excluding hydrogens is 266 g/mol. The molecule has 1 N–H and O–H groups in total. The van der Waals surface area contributed by atoms with Gasteiger partial charge in [0.2, 0.25) is 0 Å². The molecule has 1 aromatic carbocycles. The van der Waals surface area contributed by atoms with Gasteiger partial charge < -0.3 is 19.5 Å². The van der Waals surface area contributed by atoms with Gasteiger partial charge >= 0.3 is 0 Å². The highest BCUT2D eigenvalue weighted by Gasteiger charge is 2.40. The van der Waals surface area contributed by atoms with Gasteiger partial charge in [-0.2, -0.15) is 0 Å². The van der Waals surface area contributed by atoms with Crippen molar-refractivity contribution in [2.45, 2.75) is 50.5 Å². The number of nitrogens with one attached hydrogen (secondary N) is 1. The Kier molecular flexibility index (Phi) is 4.48. The average Bonchev–Trinajstić information content (AvgIpc) is 2.98. The molecule has 21 heavy (non-hydrogen) atoms. The van der Waals surface area contributed by atoms with Crippen molar-refractivity contribution in [3.63, 3.8) is 0 Å². The van der Waals surface area contributed by atoms with E-state index in [9.17, 15) is 0 Å². The summed E-state index contributed by atoms with van der Waals surface area (Å²) in [6.45, 7) is 3.72. The summed E-state index contributed by atoms with van der Waals surface area (Å²) in [7, 11) is 1.70. The number of benzene rings is 1. The van der Waals surface area contributed by atoms with E-state index in [1.807, 2.05) is 12.1 Å². The van der Waals surface area contributed by atoms with Crippen LogP contribution in [0.3, 0.4) is 0 Å². The summed E-state index contributed by atoms with van der Waals surface area (Å²) < 4.78 is 16.8. The molecule has 1 atom stereocenters. The number of rotatable bonds is 4. The normalized spacial score (nSPS) is 23.3. The van der Waals surface area contributed by atoms with Gasteiger partial charge in [0, 0.05) is 24.9 Å². The van der Waals surface area contributed by atoms with Gasteiger partial charge in [0.25, 0.3) is 0 Å². The van der Waals surface area contributed by atoms with Gasteiger partial charge in [-0.25, -0.2) is 0 Å². The van der Waals surface area contributed by atoms with E-state index in [4.69, 9.17) is 14.2 Å². The lowest BCUT2D eigenvalue weighted by atomic mass is 9.89. The van der Waals surface area contributed by atoms with E-state index in [2.05, 4.69) is 24.4 Å². The molecule has 0 aromatic heterocycles. The minimum Gasteiger partial charge on any atom is -0.497 e. The first kappa shape index (κ1) is 14.8. The second-order valence-corrected chi connectivity index (χ2v) is 6.04. The first-order valence-corrected chi connectivity index (χ1v) is 7.89. The van der Waals surface area contributed by atoms with Crippen LogP contribution in [0.1, 0.15) is 44.2 Å². The SMILES string of the molecule is COc1ccc([C@@H](C)NC2CCC3(CC2)OCCO3)cc1. The van der Waals surface area contributed by atoms with Gasteiger partial charge in [0.05, 0.1) is 20.3 Å². The lowest BCUT2D eigenvalue weighted by Gasteiger charge is -2.36. The van der Waals surface area contributed by atoms with Crippen molar-refractivity contribution < 1.29 is 14.2 Å². The molecular formula is C17H25NO3. The van der Waals surface area contributed by atoms with E-state index in [0.29, 0.717) is 12.1 Å². The van der Waals surface area contributed by atoms with Crippen molar-refractivity contribution in [2.75, 3.05) is 20.3 Å². The van der Waals surface area contributed by atoms with Crippen LogP contribution < -0.4 is 10.1 Å². The molecule has 1 aliphatic carbocycles. The Balaban J connectivity index is 1.52. The Morgan fingerprint density at radius 1 is 1.14 bits per heavy atom. The Labute approximate surface area is 126 Å². The molecule has 1 spiro atoms. The predicted molar refractivity (Wildman–Crippen MR) is 81.4 cm³/mol. The predicted octanol–water partition coefficient (Wildman–Crippen LogP) is 3.03. The van der Waals surface area contributed by atoms with E-state index >= 15 is 0 Å². The maximum atomic E-state index is 5.78. The highest BCUT2D eigenvalue weighted by Crippen LogP contribution is 2.36. The lowest BCUT2D eigenvalue weighted by Crippen LogP contribution is -2.42. The second kappa shape index (κ2) is 6.34. The van der Waals surface area contributed by atoms with Gasteiger partial charge in [-0.1, -0.05) is 12.1 Å². The summed E-state index contributed by atoms with van der Waals surface area (Å²) in [5.74, 6) is 0.641. The molecule has 0 radical (unpaired) electrons. The highest BCUT2D eigenvalue weighted by atomic mass is 16.7. The van der Waals surface area contributed by atoms with E-state index in [1.165, 1.54) is 5.56 Å². The minimum absolute atomic E-state index is 0.262. The largest absolute Gasteiger partial charge is 0.497 e. The molecule has 1 heterocycles. The van der Waals surface area contributed by atoms with Crippen LogP contribution in [0, 0.1) is 0 Å². The molecule has 0 bridgehead atoms. The first-order chi connectivity index (χ1) is 10.2. The third-order valence-electron chi connectivity index (χ3n) is 4.66. The van der Waals surface area contributed by atoms with Gasteiger partial charge in [-0.05, 0) is 37.5 Å². The van der Waals surface area contributed by atoms with Crippen LogP contribution in [0.5, 0.6) is 5.75 Å². The quantitative estimate of drug-likeness (QED) is 0.925. The first-order valence-electron chi connectivity index (χ1n) is 7.89. The zero-order chi connectivity index (χ0) is 14.7. The summed E-state index contributed by atoms with van der Waals surface area (Å²) in [5, 5.41) is 3.73. The highest BCUT2D eigenvalue weighted by molar-refractivity contribution is 5.28. The number of hydrogen-bond donors (Lipinski definition) is 1. The standard InChI is InChI=1S/C17H25NO3/c1-13(14-3-5-16(19-2)6-4-14)18-15-7-9-17(10-8-15)20-11-12-21-17/h3-6,13,15,18H,7-12H2,1-2H3/t13-/m1/s1. The second-order valence-electron chi connectivity index (χ2n) is 6.04. The smallest absolute Gasteiger partial charge is 0.168 e. The molecule has 2 aliphatic rings. The Morgan fingerprint density at radius 2 is 1.76 bits per heavy atom. The fraction of sp³-hybridized carbons (Fsp3) is 0.647. The molecule has 2 fully saturated rings.